The number of ether oxygens (including phenoxy) is 2. The minimum atomic E-state index is 0.339. The van der Waals surface area contributed by atoms with Crippen molar-refractivity contribution in [3.63, 3.8) is 0 Å². The quantitative estimate of drug-likeness (QED) is 0.829. The van der Waals surface area contributed by atoms with Gasteiger partial charge in [-0.1, -0.05) is 0 Å². The van der Waals surface area contributed by atoms with Crippen molar-refractivity contribution in [3.05, 3.63) is 42.5 Å². The first-order valence-corrected chi connectivity index (χ1v) is 7.36. The molecule has 2 aromatic rings. The van der Waals surface area contributed by atoms with Gasteiger partial charge in [0.05, 0.1) is 20.0 Å². The summed E-state index contributed by atoms with van der Waals surface area (Å²) in [5, 5.41) is 3.62. The molecule has 1 aliphatic rings. The van der Waals surface area contributed by atoms with Gasteiger partial charge in [0.25, 0.3) is 0 Å². The molecule has 0 saturated carbocycles. The van der Waals surface area contributed by atoms with Crippen molar-refractivity contribution in [2.45, 2.75) is 25.4 Å². The van der Waals surface area contributed by atoms with Crippen LogP contribution >= 0.6 is 0 Å². The van der Waals surface area contributed by atoms with E-state index in [9.17, 15) is 0 Å². The number of nitrogens with one attached hydrogen (secondary N) is 1. The molecule has 0 fully saturated rings. The molecule has 0 bridgehead atoms. The molecule has 0 amide bonds. The molecular formula is C16H21N3O2. The van der Waals surface area contributed by atoms with Gasteiger partial charge in [-0.25, -0.2) is 4.98 Å². The monoisotopic (exact) mass is 287 g/mol. The van der Waals surface area contributed by atoms with Crippen molar-refractivity contribution in [1.29, 1.82) is 0 Å². The second-order valence-electron chi connectivity index (χ2n) is 5.20. The molecule has 1 aromatic heterocycles. The van der Waals surface area contributed by atoms with E-state index in [1.54, 1.807) is 7.11 Å². The molecule has 2 heterocycles. The Balaban J connectivity index is 1.57. The summed E-state index contributed by atoms with van der Waals surface area (Å²) >= 11 is 0. The number of rotatable bonds is 6. The highest BCUT2D eigenvalue weighted by molar-refractivity contribution is 5.43. The fourth-order valence-electron chi connectivity index (χ4n) is 2.67. The molecule has 5 nitrogen and oxygen atoms in total. The number of nitrogens with zero attached hydrogens (tertiary/aromatic N) is 2. The molecule has 5 heteroatoms. The van der Waals surface area contributed by atoms with Crippen LogP contribution in [-0.2, 0) is 6.54 Å². The fourth-order valence-corrected chi connectivity index (χ4v) is 2.67. The second kappa shape index (κ2) is 6.63. The van der Waals surface area contributed by atoms with E-state index in [1.165, 1.54) is 5.56 Å². The Morgan fingerprint density at radius 2 is 2.43 bits per heavy atom. The molecule has 1 atom stereocenters. The summed E-state index contributed by atoms with van der Waals surface area (Å²) in [6.07, 6.45) is 7.73. The molecule has 21 heavy (non-hydrogen) atoms. The van der Waals surface area contributed by atoms with Crippen LogP contribution in [0, 0.1) is 0 Å². The third-order valence-corrected chi connectivity index (χ3v) is 3.80. The Bertz CT molecular complexity index is 569. The van der Waals surface area contributed by atoms with Crippen LogP contribution in [-0.4, -0.2) is 29.8 Å². The first-order valence-electron chi connectivity index (χ1n) is 7.36. The largest absolute Gasteiger partial charge is 0.497 e. The Hall–Kier alpha value is -2.01. The molecule has 0 radical (unpaired) electrons. The summed E-state index contributed by atoms with van der Waals surface area (Å²) in [6.45, 7) is 2.72. The Kier molecular flexibility index (Phi) is 4.40. The zero-order chi connectivity index (χ0) is 14.5. The number of hydrogen-bond acceptors (Lipinski definition) is 4. The summed E-state index contributed by atoms with van der Waals surface area (Å²) in [5.74, 6) is 1.85. The van der Waals surface area contributed by atoms with Gasteiger partial charge in [0.1, 0.15) is 11.5 Å². The number of aryl methyl sites for hydroxylation is 1. The molecule has 1 aliphatic heterocycles. The van der Waals surface area contributed by atoms with Crippen molar-refractivity contribution in [1.82, 2.24) is 14.9 Å². The van der Waals surface area contributed by atoms with Crippen LogP contribution in [0.5, 0.6) is 11.5 Å². The predicted molar refractivity (Wildman–Crippen MR) is 80.7 cm³/mol. The normalized spacial score (nSPS) is 17.1. The summed E-state index contributed by atoms with van der Waals surface area (Å²) in [5.41, 5.74) is 1.20. The first kappa shape index (κ1) is 13.9. The van der Waals surface area contributed by atoms with Crippen LogP contribution in [0.1, 0.15) is 24.4 Å². The molecular weight excluding hydrogens is 266 g/mol. The van der Waals surface area contributed by atoms with Crippen molar-refractivity contribution >= 4 is 0 Å². The number of imidazole rings is 1. The minimum Gasteiger partial charge on any atom is -0.497 e. The second-order valence-corrected chi connectivity index (χ2v) is 5.20. The third kappa shape index (κ3) is 3.36. The number of hydrogen-bond donors (Lipinski definition) is 1. The lowest BCUT2D eigenvalue weighted by molar-refractivity contribution is 0.251. The van der Waals surface area contributed by atoms with Crippen molar-refractivity contribution in [2.24, 2.45) is 0 Å². The van der Waals surface area contributed by atoms with E-state index in [-0.39, 0.29) is 0 Å². The van der Waals surface area contributed by atoms with Gasteiger partial charge < -0.3 is 19.4 Å². The SMILES string of the molecule is COc1ccc2c(c1)C(NCCCn1ccnc1)CCO2. The van der Waals surface area contributed by atoms with Crippen molar-refractivity contribution in [2.75, 3.05) is 20.3 Å². The molecule has 0 spiro atoms. The smallest absolute Gasteiger partial charge is 0.124 e. The van der Waals surface area contributed by atoms with Crippen LogP contribution < -0.4 is 14.8 Å². The number of aromatic nitrogens is 2. The van der Waals surface area contributed by atoms with Crippen molar-refractivity contribution < 1.29 is 9.47 Å². The zero-order valence-electron chi connectivity index (χ0n) is 12.3. The van der Waals surface area contributed by atoms with Gasteiger partial charge in [-0.05, 0) is 31.2 Å². The standard InChI is InChI=1S/C16H21N3O2/c1-20-13-3-4-16-14(11-13)15(5-10-21-16)18-6-2-8-19-9-7-17-12-19/h3-4,7,9,11-12,15,18H,2,5-6,8,10H2,1H3. The lowest BCUT2D eigenvalue weighted by Gasteiger charge is -2.27. The van der Waals surface area contributed by atoms with Gasteiger partial charge in [-0.2, -0.15) is 0 Å². The lowest BCUT2D eigenvalue weighted by Crippen LogP contribution is -2.28. The van der Waals surface area contributed by atoms with Gasteiger partial charge in [0.2, 0.25) is 0 Å². The van der Waals surface area contributed by atoms with Crippen LogP contribution in [0.25, 0.3) is 0 Å². The van der Waals surface area contributed by atoms with Crippen LogP contribution in [0.3, 0.4) is 0 Å². The highest BCUT2D eigenvalue weighted by Gasteiger charge is 2.21. The third-order valence-electron chi connectivity index (χ3n) is 3.80. The van der Waals surface area contributed by atoms with Gasteiger partial charge in [0, 0.05) is 37.0 Å². The van der Waals surface area contributed by atoms with Crippen LogP contribution in [0.2, 0.25) is 0 Å². The highest BCUT2D eigenvalue weighted by atomic mass is 16.5. The van der Waals surface area contributed by atoms with E-state index < -0.39 is 0 Å². The van der Waals surface area contributed by atoms with Gasteiger partial charge in [-0.15, -0.1) is 0 Å². The van der Waals surface area contributed by atoms with Gasteiger partial charge >= 0.3 is 0 Å². The summed E-state index contributed by atoms with van der Waals surface area (Å²) < 4.78 is 13.1. The van der Waals surface area contributed by atoms with Crippen LogP contribution in [0.15, 0.2) is 36.9 Å². The maximum Gasteiger partial charge on any atom is 0.124 e. The van der Waals surface area contributed by atoms with Gasteiger partial charge in [0.15, 0.2) is 0 Å². The average Bonchev–Trinajstić information content (AvgIpc) is 3.04. The Labute approximate surface area is 124 Å². The molecule has 0 aliphatic carbocycles. The topological polar surface area (TPSA) is 48.3 Å². The van der Waals surface area contributed by atoms with Crippen LogP contribution in [0.4, 0.5) is 0 Å². The zero-order valence-corrected chi connectivity index (χ0v) is 12.3. The number of methoxy groups -OCH3 is 1. The van der Waals surface area contributed by atoms with Crippen molar-refractivity contribution in [3.8, 4) is 11.5 Å². The molecule has 1 unspecified atom stereocenters. The fraction of sp³-hybridized carbons (Fsp3) is 0.438. The van der Waals surface area contributed by atoms with E-state index in [4.69, 9.17) is 9.47 Å². The van der Waals surface area contributed by atoms with E-state index in [0.29, 0.717) is 6.04 Å². The molecule has 3 rings (SSSR count). The van der Waals surface area contributed by atoms with E-state index in [1.807, 2.05) is 30.9 Å². The number of fused-ring (bicyclic) bond motifs is 1. The minimum absolute atomic E-state index is 0.339. The maximum atomic E-state index is 5.71. The molecule has 1 N–H and O–H groups in total. The molecule has 0 saturated heterocycles. The molecule has 1 aromatic carbocycles. The molecule has 112 valence electrons. The highest BCUT2D eigenvalue weighted by Crippen LogP contribution is 2.34. The summed E-state index contributed by atoms with van der Waals surface area (Å²) in [7, 11) is 1.69. The van der Waals surface area contributed by atoms with E-state index in [2.05, 4.69) is 20.9 Å². The Morgan fingerprint density at radius 3 is 3.24 bits per heavy atom. The first-order chi connectivity index (χ1) is 10.4. The van der Waals surface area contributed by atoms with E-state index in [0.717, 1.165) is 44.0 Å². The predicted octanol–water partition coefficient (Wildman–Crippen LogP) is 2.40. The van der Waals surface area contributed by atoms with E-state index >= 15 is 0 Å². The lowest BCUT2D eigenvalue weighted by atomic mass is 10.00. The summed E-state index contributed by atoms with van der Waals surface area (Å²) in [6, 6.07) is 6.35. The average molecular weight is 287 g/mol. The summed E-state index contributed by atoms with van der Waals surface area (Å²) in [4.78, 5) is 4.05. The van der Waals surface area contributed by atoms with Gasteiger partial charge in [-0.3, -0.25) is 0 Å². The maximum absolute atomic E-state index is 5.71. The number of benzene rings is 1. The Morgan fingerprint density at radius 1 is 1.48 bits per heavy atom.